The average molecular weight is 1220 g/mol. The third-order valence-electron chi connectivity index (χ3n) is 18.7. The standard InChI is InChI=1S/C81H155NO5/c1-3-5-7-9-11-13-15-17-19-21-38-41-45-49-53-57-61-65-69-73-79(84)78(77-83)82-80(85)74-70-66-62-58-54-50-46-42-39-36-34-32-30-28-26-24-23-25-27-29-31-33-35-37-40-44-48-52-56-60-64-68-72-76-87-81(86)75-71-67-63-59-55-51-47-43-22-20-18-16-14-12-10-8-6-4-2/h27,29,33,35,69,73,78-79,83-84H,3-26,28,30-32,34,36-68,70-72,74-77H2,1-2H3,(H,82,85)/b29-27-,35-33-,73-69+. The number of allylic oxidation sites excluding steroid dienone is 5. The Morgan fingerprint density at radius 3 is 0.874 bits per heavy atom. The molecule has 0 saturated heterocycles. The normalized spacial score (nSPS) is 12.6. The molecule has 3 N–H and O–H groups in total. The lowest BCUT2D eigenvalue weighted by Gasteiger charge is -2.20. The Balaban J connectivity index is 3.38. The first kappa shape index (κ1) is 85.1. The lowest BCUT2D eigenvalue weighted by atomic mass is 10.0. The van der Waals surface area contributed by atoms with E-state index in [2.05, 4.69) is 43.5 Å². The molecule has 87 heavy (non-hydrogen) atoms. The van der Waals surface area contributed by atoms with Crippen molar-refractivity contribution in [2.45, 2.75) is 456 Å². The van der Waals surface area contributed by atoms with E-state index in [-0.39, 0.29) is 18.5 Å². The predicted octanol–water partition coefficient (Wildman–Crippen LogP) is 26.2. The molecule has 1 amide bonds. The summed E-state index contributed by atoms with van der Waals surface area (Å²) >= 11 is 0. The summed E-state index contributed by atoms with van der Waals surface area (Å²) < 4.78 is 5.51. The van der Waals surface area contributed by atoms with Crippen LogP contribution in [0, 0.1) is 0 Å². The van der Waals surface area contributed by atoms with Crippen LogP contribution in [0.1, 0.15) is 444 Å². The lowest BCUT2D eigenvalue weighted by Crippen LogP contribution is -2.45. The Morgan fingerprint density at radius 2 is 0.575 bits per heavy atom. The number of esters is 1. The molecule has 0 aromatic rings. The number of ether oxygens (including phenoxy) is 1. The van der Waals surface area contributed by atoms with Crippen molar-refractivity contribution < 1.29 is 24.5 Å². The van der Waals surface area contributed by atoms with Crippen molar-refractivity contribution >= 4 is 11.9 Å². The van der Waals surface area contributed by atoms with Crippen LogP contribution in [0.4, 0.5) is 0 Å². The summed E-state index contributed by atoms with van der Waals surface area (Å²) in [7, 11) is 0. The van der Waals surface area contributed by atoms with E-state index in [0.29, 0.717) is 19.4 Å². The largest absolute Gasteiger partial charge is 0.466 e. The highest BCUT2D eigenvalue weighted by atomic mass is 16.5. The monoisotopic (exact) mass is 1220 g/mol. The molecule has 0 aliphatic carbocycles. The molecule has 0 spiro atoms. The second kappa shape index (κ2) is 76.5. The minimum Gasteiger partial charge on any atom is -0.466 e. The van der Waals surface area contributed by atoms with Gasteiger partial charge in [0.05, 0.1) is 25.4 Å². The first-order chi connectivity index (χ1) is 43.0. The zero-order valence-corrected chi connectivity index (χ0v) is 59.0. The van der Waals surface area contributed by atoms with Crippen LogP contribution in [0.5, 0.6) is 0 Å². The van der Waals surface area contributed by atoms with Gasteiger partial charge in [-0.25, -0.2) is 0 Å². The zero-order valence-electron chi connectivity index (χ0n) is 59.0. The van der Waals surface area contributed by atoms with E-state index in [4.69, 9.17) is 4.74 Å². The minimum atomic E-state index is -0.844. The SMILES string of the molecule is CCCCCCCCCCCCCCCCCCC/C=C/C(O)C(CO)NC(=O)CCCCCCCCCCCCCCCCCCC/C=C\C/C=C\CCCCCCCCCCCOC(=O)CCCCCCCCCCCCCCCCCCCC. The summed E-state index contributed by atoms with van der Waals surface area (Å²) in [5.74, 6) is -0.0430. The Morgan fingerprint density at radius 1 is 0.322 bits per heavy atom. The van der Waals surface area contributed by atoms with Gasteiger partial charge in [0.2, 0.25) is 5.91 Å². The van der Waals surface area contributed by atoms with E-state index >= 15 is 0 Å². The second-order valence-corrected chi connectivity index (χ2v) is 27.4. The molecule has 0 aliphatic rings. The maximum atomic E-state index is 12.5. The van der Waals surface area contributed by atoms with Crippen LogP contribution in [0.3, 0.4) is 0 Å². The fourth-order valence-electron chi connectivity index (χ4n) is 12.6. The van der Waals surface area contributed by atoms with E-state index in [1.54, 1.807) is 6.08 Å². The summed E-state index contributed by atoms with van der Waals surface area (Å²) in [6.45, 7) is 4.95. The van der Waals surface area contributed by atoms with Gasteiger partial charge in [0.15, 0.2) is 0 Å². The fourth-order valence-corrected chi connectivity index (χ4v) is 12.6. The van der Waals surface area contributed by atoms with Crippen LogP contribution in [-0.4, -0.2) is 47.4 Å². The van der Waals surface area contributed by atoms with Gasteiger partial charge in [-0.1, -0.05) is 403 Å². The molecule has 0 bridgehead atoms. The van der Waals surface area contributed by atoms with Gasteiger partial charge in [0.1, 0.15) is 0 Å². The number of carbonyl (C=O) groups excluding carboxylic acids is 2. The van der Waals surface area contributed by atoms with E-state index in [1.807, 2.05) is 6.08 Å². The first-order valence-electron chi connectivity index (χ1n) is 39.8. The smallest absolute Gasteiger partial charge is 0.305 e. The average Bonchev–Trinajstić information content (AvgIpc) is 3.59. The highest BCUT2D eigenvalue weighted by Crippen LogP contribution is 2.20. The molecular weight excluding hydrogens is 1070 g/mol. The van der Waals surface area contributed by atoms with Gasteiger partial charge in [0.25, 0.3) is 0 Å². The maximum Gasteiger partial charge on any atom is 0.305 e. The molecule has 6 heteroatoms. The number of aliphatic hydroxyl groups is 2. The predicted molar refractivity (Wildman–Crippen MR) is 384 cm³/mol. The molecule has 0 aromatic carbocycles. The summed E-state index contributed by atoms with van der Waals surface area (Å²) in [5.41, 5.74) is 0. The first-order valence-corrected chi connectivity index (χ1v) is 39.8. The summed E-state index contributed by atoms with van der Waals surface area (Å²) in [6.07, 6.45) is 99.8. The molecule has 514 valence electrons. The van der Waals surface area contributed by atoms with Crippen LogP contribution in [0.2, 0.25) is 0 Å². The Hall–Kier alpha value is -1.92. The third-order valence-corrected chi connectivity index (χ3v) is 18.7. The van der Waals surface area contributed by atoms with Gasteiger partial charge in [-0.15, -0.1) is 0 Å². The molecule has 0 aromatic heterocycles. The molecule has 6 nitrogen and oxygen atoms in total. The minimum absolute atomic E-state index is 0.0191. The van der Waals surface area contributed by atoms with Crippen LogP contribution in [0.25, 0.3) is 0 Å². The van der Waals surface area contributed by atoms with Gasteiger partial charge >= 0.3 is 5.97 Å². The Labute approximate surface area is 544 Å². The van der Waals surface area contributed by atoms with Crippen LogP contribution in [0.15, 0.2) is 36.5 Å². The van der Waals surface area contributed by atoms with Crippen molar-refractivity contribution in [3.8, 4) is 0 Å². The molecule has 2 atom stereocenters. The highest BCUT2D eigenvalue weighted by molar-refractivity contribution is 5.76. The fraction of sp³-hybridized carbons (Fsp3) is 0.901. The molecule has 0 fully saturated rings. The summed E-state index contributed by atoms with van der Waals surface area (Å²) in [4.78, 5) is 24.6. The van der Waals surface area contributed by atoms with Gasteiger partial charge < -0.3 is 20.3 Å². The van der Waals surface area contributed by atoms with E-state index < -0.39 is 12.1 Å². The molecule has 0 saturated carbocycles. The number of hydrogen-bond acceptors (Lipinski definition) is 5. The number of hydrogen-bond donors (Lipinski definition) is 3. The Kier molecular flexibility index (Phi) is 74.8. The maximum absolute atomic E-state index is 12.5. The number of rotatable bonds is 75. The molecule has 0 rings (SSSR count). The van der Waals surface area contributed by atoms with Gasteiger partial charge in [-0.05, 0) is 64.2 Å². The molecule has 0 heterocycles. The van der Waals surface area contributed by atoms with E-state index in [1.165, 1.54) is 372 Å². The van der Waals surface area contributed by atoms with Crippen molar-refractivity contribution in [3.05, 3.63) is 36.5 Å². The van der Waals surface area contributed by atoms with Crippen molar-refractivity contribution in [2.75, 3.05) is 13.2 Å². The van der Waals surface area contributed by atoms with Crippen LogP contribution in [-0.2, 0) is 14.3 Å². The summed E-state index contributed by atoms with van der Waals surface area (Å²) in [5, 5.41) is 23.3. The zero-order chi connectivity index (χ0) is 62.8. The molecule has 2 unspecified atom stereocenters. The van der Waals surface area contributed by atoms with Crippen molar-refractivity contribution in [1.82, 2.24) is 5.32 Å². The van der Waals surface area contributed by atoms with Crippen LogP contribution < -0.4 is 5.32 Å². The molecular formula is C81H155NO5. The number of carbonyl (C=O) groups is 2. The highest BCUT2D eigenvalue weighted by Gasteiger charge is 2.18. The summed E-state index contributed by atoms with van der Waals surface area (Å²) in [6, 6.07) is -0.627. The Bertz CT molecular complexity index is 1410. The second-order valence-electron chi connectivity index (χ2n) is 27.4. The molecule has 0 radical (unpaired) electrons. The lowest BCUT2D eigenvalue weighted by molar-refractivity contribution is -0.143. The van der Waals surface area contributed by atoms with E-state index in [0.717, 1.165) is 44.9 Å². The number of amides is 1. The number of nitrogens with one attached hydrogen (secondary N) is 1. The van der Waals surface area contributed by atoms with Gasteiger partial charge in [0, 0.05) is 12.8 Å². The quantitative estimate of drug-likeness (QED) is 0.0320. The number of aliphatic hydroxyl groups excluding tert-OH is 2. The van der Waals surface area contributed by atoms with Crippen molar-refractivity contribution in [3.63, 3.8) is 0 Å². The number of unbranched alkanes of at least 4 members (excludes halogenated alkanes) is 60. The van der Waals surface area contributed by atoms with Crippen molar-refractivity contribution in [2.24, 2.45) is 0 Å². The molecule has 0 aliphatic heterocycles. The third kappa shape index (κ3) is 73.0. The van der Waals surface area contributed by atoms with E-state index in [9.17, 15) is 19.8 Å². The van der Waals surface area contributed by atoms with Gasteiger partial charge in [-0.3, -0.25) is 9.59 Å². The van der Waals surface area contributed by atoms with Crippen LogP contribution >= 0.6 is 0 Å². The topological polar surface area (TPSA) is 95.9 Å². The van der Waals surface area contributed by atoms with Gasteiger partial charge in [-0.2, -0.15) is 0 Å². The van der Waals surface area contributed by atoms with Crippen molar-refractivity contribution in [1.29, 1.82) is 0 Å².